The highest BCUT2D eigenvalue weighted by Crippen LogP contribution is 2.16. The molecule has 0 fully saturated rings. The Labute approximate surface area is 93.3 Å². The highest BCUT2D eigenvalue weighted by atomic mass is 16.5. The summed E-state index contributed by atoms with van der Waals surface area (Å²) in [6.07, 6.45) is 3.59. The van der Waals surface area contributed by atoms with Crippen molar-refractivity contribution >= 4 is 11.6 Å². The van der Waals surface area contributed by atoms with E-state index in [1.807, 2.05) is 31.2 Å². The van der Waals surface area contributed by atoms with E-state index < -0.39 is 0 Å². The monoisotopic (exact) mass is 216 g/mol. The number of hydrogen-bond acceptors (Lipinski definition) is 3. The Kier molecular flexibility index (Phi) is 3.00. The van der Waals surface area contributed by atoms with E-state index in [0.717, 1.165) is 17.7 Å². The Morgan fingerprint density at radius 3 is 2.94 bits per heavy atom. The molecule has 2 aromatic rings. The number of aromatic nitrogens is 1. The Morgan fingerprint density at radius 2 is 2.25 bits per heavy atom. The summed E-state index contributed by atoms with van der Waals surface area (Å²) in [7, 11) is 0. The lowest BCUT2D eigenvalue weighted by molar-refractivity contribution is 0.102. The Morgan fingerprint density at radius 1 is 1.44 bits per heavy atom. The fraction of sp³-hybridized carbons (Fsp3) is 0.167. The van der Waals surface area contributed by atoms with E-state index in [0.29, 0.717) is 5.56 Å². The predicted molar refractivity (Wildman–Crippen MR) is 60.3 cm³/mol. The van der Waals surface area contributed by atoms with Gasteiger partial charge >= 0.3 is 0 Å². The van der Waals surface area contributed by atoms with Gasteiger partial charge in [0.05, 0.1) is 11.8 Å². The average molecular weight is 216 g/mol. The summed E-state index contributed by atoms with van der Waals surface area (Å²) in [6.45, 7) is 2.05. The number of carbonyl (C=O) groups excluding carboxylic acids is 1. The Bertz CT molecular complexity index is 478. The second-order valence-corrected chi connectivity index (χ2v) is 3.38. The van der Waals surface area contributed by atoms with E-state index in [4.69, 9.17) is 0 Å². The van der Waals surface area contributed by atoms with Crippen molar-refractivity contribution in [2.24, 2.45) is 0 Å². The summed E-state index contributed by atoms with van der Waals surface area (Å²) < 4.78 is 4.62. The molecule has 82 valence electrons. The van der Waals surface area contributed by atoms with Gasteiger partial charge in [0.1, 0.15) is 6.26 Å². The molecular weight excluding hydrogens is 204 g/mol. The highest BCUT2D eigenvalue weighted by molar-refractivity contribution is 6.04. The molecule has 2 rings (SSSR count). The number of nitrogens with one attached hydrogen (secondary N) is 1. The Hall–Kier alpha value is -2.10. The van der Waals surface area contributed by atoms with Crippen LogP contribution in [0.25, 0.3) is 0 Å². The van der Waals surface area contributed by atoms with Gasteiger partial charge in [-0.1, -0.05) is 30.3 Å². The fourth-order valence-electron chi connectivity index (χ4n) is 1.46. The minimum atomic E-state index is -0.206. The number of aryl methyl sites for hydroxylation is 1. The van der Waals surface area contributed by atoms with Crippen LogP contribution in [0.4, 0.5) is 5.69 Å². The van der Waals surface area contributed by atoms with Gasteiger partial charge in [-0.25, -0.2) is 0 Å². The van der Waals surface area contributed by atoms with Crippen molar-refractivity contribution in [2.45, 2.75) is 13.3 Å². The van der Waals surface area contributed by atoms with E-state index in [9.17, 15) is 4.79 Å². The summed E-state index contributed by atoms with van der Waals surface area (Å²) in [4.78, 5) is 11.7. The maximum atomic E-state index is 11.7. The van der Waals surface area contributed by atoms with E-state index >= 15 is 0 Å². The number of hydrogen-bond donors (Lipinski definition) is 1. The number of amides is 1. The molecule has 1 aromatic heterocycles. The van der Waals surface area contributed by atoms with Gasteiger partial charge in [0.2, 0.25) is 0 Å². The van der Waals surface area contributed by atoms with Gasteiger partial charge in [0.25, 0.3) is 5.91 Å². The second kappa shape index (κ2) is 4.61. The summed E-state index contributed by atoms with van der Waals surface area (Å²) in [6, 6.07) is 7.71. The lowest BCUT2D eigenvalue weighted by Crippen LogP contribution is -2.12. The first-order valence-corrected chi connectivity index (χ1v) is 5.10. The number of para-hydroxylation sites is 1. The molecule has 0 saturated heterocycles. The van der Waals surface area contributed by atoms with Crippen LogP contribution in [0.5, 0.6) is 0 Å². The van der Waals surface area contributed by atoms with Crippen molar-refractivity contribution < 1.29 is 9.32 Å². The minimum Gasteiger partial charge on any atom is -0.364 e. The number of nitrogens with zero attached hydrogens (tertiary/aromatic N) is 1. The smallest absolute Gasteiger partial charge is 0.260 e. The maximum absolute atomic E-state index is 11.7. The molecule has 1 aromatic carbocycles. The molecule has 16 heavy (non-hydrogen) atoms. The molecule has 0 bridgehead atoms. The largest absolute Gasteiger partial charge is 0.364 e. The second-order valence-electron chi connectivity index (χ2n) is 3.38. The molecule has 4 nitrogen and oxygen atoms in total. The lowest BCUT2D eigenvalue weighted by Gasteiger charge is -2.07. The Balaban J connectivity index is 2.18. The number of anilines is 1. The highest BCUT2D eigenvalue weighted by Gasteiger charge is 2.09. The van der Waals surface area contributed by atoms with Gasteiger partial charge < -0.3 is 9.84 Å². The molecule has 0 radical (unpaired) electrons. The SMILES string of the molecule is CCc1ccccc1NC(=O)c1cnoc1. The van der Waals surface area contributed by atoms with E-state index in [1.165, 1.54) is 12.5 Å². The molecular formula is C12H12N2O2. The van der Waals surface area contributed by atoms with Crippen LogP contribution in [0.2, 0.25) is 0 Å². The van der Waals surface area contributed by atoms with Gasteiger partial charge in [0, 0.05) is 5.69 Å². The van der Waals surface area contributed by atoms with Gasteiger partial charge in [0.15, 0.2) is 0 Å². The van der Waals surface area contributed by atoms with Crippen molar-refractivity contribution in [2.75, 3.05) is 5.32 Å². The van der Waals surface area contributed by atoms with Crippen molar-refractivity contribution in [1.82, 2.24) is 5.16 Å². The zero-order chi connectivity index (χ0) is 11.4. The summed E-state index contributed by atoms with van der Waals surface area (Å²) in [5.41, 5.74) is 2.36. The van der Waals surface area contributed by atoms with Crippen LogP contribution in [0.15, 0.2) is 41.2 Å². The van der Waals surface area contributed by atoms with Crippen LogP contribution >= 0.6 is 0 Å². The van der Waals surface area contributed by atoms with Gasteiger partial charge in [-0.3, -0.25) is 4.79 Å². The van der Waals surface area contributed by atoms with Crippen LogP contribution in [-0.4, -0.2) is 11.1 Å². The quantitative estimate of drug-likeness (QED) is 0.857. The first kappa shape index (κ1) is 10.4. The average Bonchev–Trinajstić information content (AvgIpc) is 2.83. The van der Waals surface area contributed by atoms with Crippen LogP contribution in [0.1, 0.15) is 22.8 Å². The molecule has 1 heterocycles. The van der Waals surface area contributed by atoms with Crippen molar-refractivity contribution in [1.29, 1.82) is 0 Å². The van der Waals surface area contributed by atoms with Crippen molar-refractivity contribution in [3.05, 3.63) is 47.9 Å². The number of carbonyl (C=O) groups is 1. The van der Waals surface area contributed by atoms with Crippen LogP contribution in [0.3, 0.4) is 0 Å². The summed E-state index contributed by atoms with van der Waals surface area (Å²) >= 11 is 0. The van der Waals surface area contributed by atoms with Crippen molar-refractivity contribution in [3.8, 4) is 0 Å². The molecule has 0 saturated carbocycles. The maximum Gasteiger partial charge on any atom is 0.260 e. The standard InChI is InChI=1S/C12H12N2O2/c1-2-9-5-3-4-6-11(9)14-12(15)10-7-13-16-8-10/h3-8H,2H2,1H3,(H,14,15). The third-order valence-electron chi connectivity index (χ3n) is 2.34. The molecule has 0 unspecified atom stereocenters. The third-order valence-corrected chi connectivity index (χ3v) is 2.34. The normalized spacial score (nSPS) is 10.1. The molecule has 4 heteroatoms. The molecule has 0 aliphatic carbocycles. The van der Waals surface area contributed by atoms with Gasteiger partial charge in [-0.05, 0) is 18.1 Å². The van der Waals surface area contributed by atoms with Gasteiger partial charge in [-0.15, -0.1) is 0 Å². The fourth-order valence-corrected chi connectivity index (χ4v) is 1.46. The number of rotatable bonds is 3. The molecule has 0 spiro atoms. The minimum absolute atomic E-state index is 0.206. The molecule has 0 atom stereocenters. The third kappa shape index (κ3) is 2.11. The predicted octanol–water partition coefficient (Wildman–Crippen LogP) is 2.49. The van der Waals surface area contributed by atoms with E-state index in [1.54, 1.807) is 0 Å². The van der Waals surface area contributed by atoms with Crippen LogP contribution < -0.4 is 5.32 Å². The summed E-state index contributed by atoms with van der Waals surface area (Å²) in [5, 5.41) is 6.32. The number of benzene rings is 1. The molecule has 1 N–H and O–H groups in total. The zero-order valence-electron chi connectivity index (χ0n) is 8.93. The first-order chi connectivity index (χ1) is 7.81. The topological polar surface area (TPSA) is 55.1 Å². The first-order valence-electron chi connectivity index (χ1n) is 5.10. The van der Waals surface area contributed by atoms with Crippen LogP contribution in [0, 0.1) is 0 Å². The lowest BCUT2D eigenvalue weighted by atomic mass is 10.1. The molecule has 0 aliphatic rings. The van der Waals surface area contributed by atoms with E-state index in [2.05, 4.69) is 15.0 Å². The molecule has 0 aliphatic heterocycles. The van der Waals surface area contributed by atoms with Crippen molar-refractivity contribution in [3.63, 3.8) is 0 Å². The van der Waals surface area contributed by atoms with Gasteiger partial charge in [-0.2, -0.15) is 0 Å². The summed E-state index contributed by atoms with van der Waals surface area (Å²) in [5.74, 6) is -0.206. The molecule has 1 amide bonds. The van der Waals surface area contributed by atoms with Crippen LogP contribution in [-0.2, 0) is 6.42 Å². The van der Waals surface area contributed by atoms with E-state index in [-0.39, 0.29) is 5.91 Å². The zero-order valence-corrected chi connectivity index (χ0v) is 8.93.